The molecule has 1 saturated heterocycles. The van der Waals surface area contributed by atoms with Crippen LogP contribution in [0.5, 0.6) is 0 Å². The second kappa shape index (κ2) is 6.66. The molecular formula is C20H19N3O3S. The first kappa shape index (κ1) is 17.5. The van der Waals surface area contributed by atoms with E-state index in [2.05, 4.69) is 5.10 Å². The Labute approximate surface area is 160 Å². The lowest BCUT2D eigenvalue weighted by molar-refractivity contribution is -0.147. The largest absolute Gasteiger partial charge is 0.481 e. The maximum Gasteiger partial charge on any atom is 0.311 e. The van der Waals surface area contributed by atoms with Gasteiger partial charge in [-0.1, -0.05) is 24.3 Å². The van der Waals surface area contributed by atoms with Gasteiger partial charge in [0, 0.05) is 13.1 Å². The highest BCUT2D eigenvalue weighted by Gasteiger charge is 2.42. The maximum atomic E-state index is 13.0. The first-order valence-electron chi connectivity index (χ1n) is 8.70. The second-order valence-electron chi connectivity index (χ2n) is 6.98. The molecule has 3 heterocycles. The van der Waals surface area contributed by atoms with Crippen molar-refractivity contribution in [3.8, 4) is 16.3 Å². The van der Waals surface area contributed by atoms with E-state index < -0.39 is 11.4 Å². The van der Waals surface area contributed by atoms with E-state index in [0.29, 0.717) is 18.7 Å². The van der Waals surface area contributed by atoms with Crippen LogP contribution in [-0.4, -0.2) is 44.8 Å². The zero-order chi connectivity index (χ0) is 19.0. The predicted molar refractivity (Wildman–Crippen MR) is 103 cm³/mol. The molecule has 1 unspecified atom stereocenters. The van der Waals surface area contributed by atoms with Crippen molar-refractivity contribution in [1.29, 1.82) is 0 Å². The van der Waals surface area contributed by atoms with E-state index in [1.165, 1.54) is 0 Å². The molecule has 1 aliphatic heterocycles. The number of para-hydroxylation sites is 1. The van der Waals surface area contributed by atoms with Gasteiger partial charge < -0.3 is 10.0 Å². The molecule has 0 bridgehead atoms. The van der Waals surface area contributed by atoms with Crippen LogP contribution >= 0.6 is 11.3 Å². The predicted octanol–water partition coefficient (Wildman–Crippen LogP) is 3.54. The smallest absolute Gasteiger partial charge is 0.311 e. The Morgan fingerprint density at radius 2 is 1.96 bits per heavy atom. The van der Waals surface area contributed by atoms with E-state index in [1.54, 1.807) is 33.9 Å². The Morgan fingerprint density at radius 3 is 2.59 bits per heavy atom. The lowest BCUT2D eigenvalue weighted by Gasteiger charge is -2.19. The van der Waals surface area contributed by atoms with Gasteiger partial charge in [-0.15, -0.1) is 11.3 Å². The number of aliphatic carboxylic acids is 1. The average molecular weight is 381 g/mol. The highest BCUT2D eigenvalue weighted by molar-refractivity contribution is 7.13. The molecule has 0 radical (unpaired) electrons. The lowest BCUT2D eigenvalue weighted by Crippen LogP contribution is -2.35. The molecule has 0 spiro atoms. The SMILES string of the molecule is CC1(C(=O)O)CCN(C(=O)c2cc(-c3cccs3)n(-c3ccccc3)n2)C1. The first-order chi connectivity index (χ1) is 13.0. The minimum atomic E-state index is -0.895. The molecule has 27 heavy (non-hydrogen) atoms. The summed E-state index contributed by atoms with van der Waals surface area (Å²) in [4.78, 5) is 27.1. The monoisotopic (exact) mass is 381 g/mol. The van der Waals surface area contributed by atoms with E-state index in [4.69, 9.17) is 0 Å². The van der Waals surface area contributed by atoms with Gasteiger partial charge in [0.05, 0.1) is 21.7 Å². The molecule has 2 aromatic heterocycles. The van der Waals surface area contributed by atoms with Crippen molar-refractivity contribution in [2.75, 3.05) is 13.1 Å². The zero-order valence-corrected chi connectivity index (χ0v) is 15.6. The average Bonchev–Trinajstić information content (AvgIpc) is 3.41. The Bertz CT molecular complexity index is 981. The van der Waals surface area contributed by atoms with Crippen molar-refractivity contribution in [3.05, 3.63) is 59.6 Å². The van der Waals surface area contributed by atoms with Crippen molar-refractivity contribution in [3.63, 3.8) is 0 Å². The van der Waals surface area contributed by atoms with Crippen LogP contribution in [-0.2, 0) is 4.79 Å². The molecule has 1 aromatic carbocycles. The van der Waals surface area contributed by atoms with Gasteiger partial charge in [0.2, 0.25) is 0 Å². The molecule has 4 rings (SSSR count). The fourth-order valence-corrected chi connectivity index (χ4v) is 4.05. The molecule has 1 aliphatic rings. The van der Waals surface area contributed by atoms with Gasteiger partial charge in [0.25, 0.3) is 5.91 Å². The highest BCUT2D eigenvalue weighted by atomic mass is 32.1. The summed E-state index contributed by atoms with van der Waals surface area (Å²) in [7, 11) is 0. The van der Waals surface area contributed by atoms with Crippen LogP contribution < -0.4 is 0 Å². The second-order valence-corrected chi connectivity index (χ2v) is 7.93. The summed E-state index contributed by atoms with van der Waals surface area (Å²) >= 11 is 1.58. The van der Waals surface area contributed by atoms with Crippen LogP contribution in [0.25, 0.3) is 16.3 Å². The number of benzene rings is 1. The Hall–Kier alpha value is -2.93. The minimum Gasteiger partial charge on any atom is -0.481 e. The summed E-state index contributed by atoms with van der Waals surface area (Å²) in [6.07, 6.45) is 0.450. The van der Waals surface area contributed by atoms with Crippen molar-refractivity contribution in [2.24, 2.45) is 5.41 Å². The molecule has 1 amide bonds. The number of carboxylic acids is 1. The number of carboxylic acid groups (broad SMARTS) is 1. The van der Waals surface area contributed by atoms with Gasteiger partial charge >= 0.3 is 5.97 Å². The molecule has 1 atom stereocenters. The van der Waals surface area contributed by atoms with Gasteiger partial charge in [-0.25, -0.2) is 4.68 Å². The van der Waals surface area contributed by atoms with E-state index in [9.17, 15) is 14.7 Å². The number of likely N-dealkylation sites (tertiary alicyclic amines) is 1. The van der Waals surface area contributed by atoms with Crippen LogP contribution in [0.3, 0.4) is 0 Å². The third kappa shape index (κ3) is 3.14. The van der Waals surface area contributed by atoms with E-state index in [0.717, 1.165) is 16.3 Å². The topological polar surface area (TPSA) is 75.4 Å². The van der Waals surface area contributed by atoms with Gasteiger partial charge in [-0.2, -0.15) is 5.10 Å². The highest BCUT2D eigenvalue weighted by Crippen LogP contribution is 2.32. The quantitative estimate of drug-likeness (QED) is 0.750. The van der Waals surface area contributed by atoms with Crippen molar-refractivity contribution >= 4 is 23.2 Å². The van der Waals surface area contributed by atoms with Crippen LogP contribution in [0.4, 0.5) is 0 Å². The van der Waals surface area contributed by atoms with E-state index in [1.807, 2.05) is 47.8 Å². The third-order valence-corrected chi connectivity index (χ3v) is 5.87. The molecule has 0 saturated carbocycles. The number of carbonyl (C=O) groups excluding carboxylic acids is 1. The van der Waals surface area contributed by atoms with Crippen LogP contribution in [0, 0.1) is 5.41 Å². The molecule has 7 heteroatoms. The molecular weight excluding hydrogens is 362 g/mol. The fraction of sp³-hybridized carbons (Fsp3) is 0.250. The van der Waals surface area contributed by atoms with E-state index in [-0.39, 0.29) is 12.5 Å². The van der Waals surface area contributed by atoms with Crippen molar-refractivity contribution in [1.82, 2.24) is 14.7 Å². The number of carbonyl (C=O) groups is 2. The summed E-state index contributed by atoms with van der Waals surface area (Å²) in [6.45, 7) is 2.31. The normalized spacial score (nSPS) is 19.4. The maximum absolute atomic E-state index is 13.0. The van der Waals surface area contributed by atoms with Gasteiger partial charge in [-0.3, -0.25) is 9.59 Å². The number of amides is 1. The number of nitrogens with zero attached hydrogens (tertiary/aromatic N) is 3. The number of hydrogen-bond acceptors (Lipinski definition) is 4. The molecule has 138 valence electrons. The molecule has 0 aliphatic carbocycles. The fourth-order valence-electron chi connectivity index (χ4n) is 3.32. The van der Waals surface area contributed by atoms with Gasteiger partial charge in [-0.05, 0) is 43.0 Å². The summed E-state index contributed by atoms with van der Waals surface area (Å²) in [5.41, 5.74) is 1.15. The number of hydrogen-bond donors (Lipinski definition) is 1. The molecule has 6 nitrogen and oxygen atoms in total. The van der Waals surface area contributed by atoms with Crippen LogP contribution in [0.1, 0.15) is 23.8 Å². The molecule has 3 aromatic rings. The Balaban J connectivity index is 1.70. The standard InChI is InChI=1S/C20H19N3O3S/c1-20(19(25)26)9-10-22(13-20)18(24)15-12-16(17-8-5-11-27-17)23(21-15)14-6-3-2-4-7-14/h2-8,11-12H,9-10,13H2,1H3,(H,25,26). The minimum absolute atomic E-state index is 0.202. The van der Waals surface area contributed by atoms with Crippen LogP contribution in [0.15, 0.2) is 53.9 Å². The number of thiophene rings is 1. The lowest BCUT2D eigenvalue weighted by atomic mass is 9.90. The summed E-state index contributed by atoms with van der Waals surface area (Å²) in [6, 6.07) is 15.4. The molecule has 1 fully saturated rings. The van der Waals surface area contributed by atoms with Crippen molar-refractivity contribution < 1.29 is 14.7 Å². The van der Waals surface area contributed by atoms with Crippen molar-refractivity contribution in [2.45, 2.75) is 13.3 Å². The summed E-state index contributed by atoms with van der Waals surface area (Å²) < 4.78 is 1.77. The number of aromatic nitrogens is 2. The Morgan fingerprint density at radius 1 is 1.19 bits per heavy atom. The third-order valence-electron chi connectivity index (χ3n) is 4.98. The summed E-state index contributed by atoms with van der Waals surface area (Å²) in [5, 5.41) is 16.0. The van der Waals surface area contributed by atoms with Crippen LogP contribution in [0.2, 0.25) is 0 Å². The van der Waals surface area contributed by atoms with Gasteiger partial charge in [0.15, 0.2) is 5.69 Å². The van der Waals surface area contributed by atoms with E-state index >= 15 is 0 Å². The van der Waals surface area contributed by atoms with Gasteiger partial charge in [0.1, 0.15) is 0 Å². The summed E-state index contributed by atoms with van der Waals surface area (Å²) in [5.74, 6) is -1.10. The first-order valence-corrected chi connectivity index (χ1v) is 9.58. The molecule has 1 N–H and O–H groups in total. The number of rotatable bonds is 4. The zero-order valence-electron chi connectivity index (χ0n) is 14.8. The Kier molecular flexibility index (Phi) is 4.31.